The first-order valence-corrected chi connectivity index (χ1v) is 11.3. The molecule has 1 heterocycles. The van der Waals surface area contributed by atoms with Gasteiger partial charge >= 0.3 is 0 Å². The molecule has 0 bridgehead atoms. The third kappa shape index (κ3) is 5.43. The lowest BCUT2D eigenvalue weighted by molar-refractivity contribution is -0.384. The SMILES string of the molecule is Cc1cc(/C=C(/C#N)c2cccc([N+](=O)[O-])c2)c(C)n1-c1ccc(OCc2ccc(Cl)cc2)cc1. The highest BCUT2D eigenvalue weighted by Crippen LogP contribution is 2.27. The number of hydrogen-bond donors (Lipinski definition) is 0. The van der Waals surface area contributed by atoms with Crippen molar-refractivity contribution >= 4 is 28.9 Å². The van der Waals surface area contributed by atoms with Gasteiger partial charge in [-0.05, 0) is 79.1 Å². The van der Waals surface area contributed by atoms with E-state index in [2.05, 4.69) is 10.6 Å². The number of hydrogen-bond acceptors (Lipinski definition) is 4. The molecule has 35 heavy (non-hydrogen) atoms. The first-order chi connectivity index (χ1) is 16.9. The van der Waals surface area contributed by atoms with E-state index in [1.807, 2.05) is 68.4 Å². The topological polar surface area (TPSA) is 81.1 Å². The Bertz CT molecular complexity index is 1450. The van der Waals surface area contributed by atoms with E-state index in [-0.39, 0.29) is 5.69 Å². The highest BCUT2D eigenvalue weighted by atomic mass is 35.5. The molecule has 3 aromatic carbocycles. The van der Waals surface area contributed by atoms with Crippen molar-refractivity contribution in [1.82, 2.24) is 4.57 Å². The van der Waals surface area contributed by atoms with Gasteiger partial charge in [0.05, 0.1) is 16.6 Å². The van der Waals surface area contributed by atoms with Crippen LogP contribution in [0.4, 0.5) is 5.69 Å². The molecule has 0 N–H and O–H groups in total. The van der Waals surface area contributed by atoms with Crippen LogP contribution in [-0.2, 0) is 6.61 Å². The number of allylic oxidation sites excluding steroid dienone is 1. The molecule has 0 atom stereocenters. The van der Waals surface area contributed by atoms with Gasteiger partial charge in [-0.2, -0.15) is 5.26 Å². The predicted octanol–water partition coefficient (Wildman–Crippen LogP) is 7.30. The lowest BCUT2D eigenvalue weighted by atomic mass is 10.0. The molecule has 0 aliphatic heterocycles. The summed E-state index contributed by atoms with van der Waals surface area (Å²) in [6, 6.07) is 25.6. The minimum atomic E-state index is -0.465. The Morgan fingerprint density at radius 1 is 1.09 bits per heavy atom. The first kappa shape index (κ1) is 23.8. The van der Waals surface area contributed by atoms with Gasteiger partial charge in [0.1, 0.15) is 12.4 Å². The number of rotatable bonds is 7. The minimum Gasteiger partial charge on any atom is -0.489 e. The zero-order valence-electron chi connectivity index (χ0n) is 19.2. The molecule has 4 rings (SSSR count). The number of nitriles is 1. The zero-order valence-corrected chi connectivity index (χ0v) is 20.0. The van der Waals surface area contributed by atoms with E-state index in [1.165, 1.54) is 12.1 Å². The Morgan fingerprint density at radius 2 is 1.80 bits per heavy atom. The predicted molar refractivity (Wildman–Crippen MR) is 138 cm³/mol. The summed E-state index contributed by atoms with van der Waals surface area (Å²) in [7, 11) is 0. The molecular formula is C28H22ClN3O3. The summed E-state index contributed by atoms with van der Waals surface area (Å²) in [5, 5.41) is 21.5. The van der Waals surface area contributed by atoms with Crippen molar-refractivity contribution < 1.29 is 9.66 Å². The number of benzene rings is 3. The fourth-order valence-corrected chi connectivity index (χ4v) is 4.02. The number of ether oxygens (including phenoxy) is 1. The summed E-state index contributed by atoms with van der Waals surface area (Å²) in [5.74, 6) is 0.753. The first-order valence-electron chi connectivity index (χ1n) is 10.9. The van der Waals surface area contributed by atoms with Crippen LogP contribution in [-0.4, -0.2) is 9.49 Å². The maximum absolute atomic E-state index is 11.1. The van der Waals surface area contributed by atoms with Gasteiger partial charge in [-0.25, -0.2) is 0 Å². The van der Waals surface area contributed by atoms with E-state index in [0.29, 0.717) is 22.8 Å². The van der Waals surface area contributed by atoms with E-state index in [0.717, 1.165) is 34.0 Å². The molecule has 0 radical (unpaired) electrons. The fraction of sp³-hybridized carbons (Fsp3) is 0.107. The number of nitro benzene ring substituents is 1. The molecule has 0 saturated carbocycles. The number of halogens is 1. The van der Waals surface area contributed by atoms with Gasteiger partial charge in [-0.15, -0.1) is 0 Å². The highest BCUT2D eigenvalue weighted by molar-refractivity contribution is 6.30. The van der Waals surface area contributed by atoms with Crippen molar-refractivity contribution in [3.05, 3.63) is 122 Å². The summed E-state index contributed by atoms with van der Waals surface area (Å²) >= 11 is 5.93. The molecule has 4 aromatic rings. The summed E-state index contributed by atoms with van der Waals surface area (Å²) in [5.41, 5.74) is 5.64. The quantitative estimate of drug-likeness (QED) is 0.157. The minimum absolute atomic E-state index is 0.0486. The Labute approximate surface area is 208 Å². The Morgan fingerprint density at radius 3 is 2.46 bits per heavy atom. The molecule has 0 aliphatic rings. The average molecular weight is 484 g/mol. The molecule has 1 aromatic heterocycles. The Kier molecular flexibility index (Phi) is 7.00. The highest BCUT2D eigenvalue weighted by Gasteiger charge is 2.13. The maximum Gasteiger partial charge on any atom is 0.270 e. The fourth-order valence-electron chi connectivity index (χ4n) is 3.89. The molecule has 0 unspecified atom stereocenters. The van der Waals surface area contributed by atoms with E-state index in [4.69, 9.17) is 16.3 Å². The summed E-state index contributed by atoms with van der Waals surface area (Å²) in [6.07, 6.45) is 1.77. The maximum atomic E-state index is 11.1. The van der Waals surface area contributed by atoms with Crippen LogP contribution in [0.25, 0.3) is 17.3 Å². The van der Waals surface area contributed by atoms with Gasteiger partial charge < -0.3 is 9.30 Å². The van der Waals surface area contributed by atoms with Crippen LogP contribution in [0, 0.1) is 35.3 Å². The number of nitrogens with zero attached hydrogens (tertiary/aromatic N) is 3. The van der Waals surface area contributed by atoms with Crippen molar-refractivity contribution in [3.8, 4) is 17.5 Å². The standard InChI is InChI=1S/C28H22ClN3O3/c1-19-14-23(15-24(17-30)22-4-3-5-27(16-22)32(33)34)20(2)31(19)26-10-12-28(13-11-26)35-18-21-6-8-25(29)9-7-21/h3-16H,18H2,1-2H3/b24-15-. The third-order valence-electron chi connectivity index (χ3n) is 5.67. The molecule has 0 aliphatic carbocycles. The molecular weight excluding hydrogens is 462 g/mol. The zero-order chi connectivity index (χ0) is 24.9. The number of nitro groups is 1. The van der Waals surface area contributed by atoms with Crippen molar-refractivity contribution in [1.29, 1.82) is 5.26 Å². The monoisotopic (exact) mass is 483 g/mol. The number of non-ortho nitro benzene ring substituents is 1. The van der Waals surface area contributed by atoms with E-state index in [1.54, 1.807) is 18.2 Å². The van der Waals surface area contributed by atoms with Gasteiger partial charge in [0.15, 0.2) is 0 Å². The van der Waals surface area contributed by atoms with Gasteiger partial charge in [-0.3, -0.25) is 10.1 Å². The van der Waals surface area contributed by atoms with Crippen LogP contribution in [0.5, 0.6) is 5.75 Å². The van der Waals surface area contributed by atoms with E-state index in [9.17, 15) is 15.4 Å². The third-order valence-corrected chi connectivity index (χ3v) is 5.92. The second kappa shape index (κ2) is 10.3. The lowest BCUT2D eigenvalue weighted by Crippen LogP contribution is -2.00. The van der Waals surface area contributed by atoms with Crippen molar-refractivity contribution in [2.24, 2.45) is 0 Å². The van der Waals surface area contributed by atoms with Crippen molar-refractivity contribution in [2.75, 3.05) is 0 Å². The average Bonchev–Trinajstić information content (AvgIpc) is 3.15. The van der Waals surface area contributed by atoms with Crippen LogP contribution >= 0.6 is 11.6 Å². The second-order valence-corrected chi connectivity index (χ2v) is 8.48. The van der Waals surface area contributed by atoms with E-state index < -0.39 is 4.92 Å². The van der Waals surface area contributed by atoms with Gasteiger partial charge in [-0.1, -0.05) is 35.9 Å². The van der Waals surface area contributed by atoms with Crippen LogP contribution in [0.1, 0.15) is 28.1 Å². The number of aromatic nitrogens is 1. The van der Waals surface area contributed by atoms with Crippen molar-refractivity contribution in [2.45, 2.75) is 20.5 Å². The summed E-state index contributed by atoms with van der Waals surface area (Å²) in [4.78, 5) is 10.7. The smallest absolute Gasteiger partial charge is 0.270 e. The Hall–Kier alpha value is -4.34. The second-order valence-electron chi connectivity index (χ2n) is 8.05. The van der Waals surface area contributed by atoms with Crippen LogP contribution in [0.15, 0.2) is 78.9 Å². The van der Waals surface area contributed by atoms with Gasteiger partial charge in [0, 0.05) is 34.2 Å². The van der Waals surface area contributed by atoms with Crippen molar-refractivity contribution in [3.63, 3.8) is 0 Å². The summed E-state index contributed by atoms with van der Waals surface area (Å²) < 4.78 is 7.98. The molecule has 7 heteroatoms. The van der Waals surface area contributed by atoms with Gasteiger partial charge in [0.25, 0.3) is 5.69 Å². The molecule has 6 nitrogen and oxygen atoms in total. The molecule has 0 saturated heterocycles. The number of aryl methyl sites for hydroxylation is 1. The molecule has 0 fully saturated rings. The largest absolute Gasteiger partial charge is 0.489 e. The lowest BCUT2D eigenvalue weighted by Gasteiger charge is -2.12. The summed E-state index contributed by atoms with van der Waals surface area (Å²) in [6.45, 7) is 4.42. The van der Waals surface area contributed by atoms with Crippen LogP contribution in [0.3, 0.4) is 0 Å². The molecule has 174 valence electrons. The normalized spacial score (nSPS) is 11.2. The Balaban J connectivity index is 1.57. The van der Waals surface area contributed by atoms with E-state index >= 15 is 0 Å². The molecule has 0 spiro atoms. The van der Waals surface area contributed by atoms with Crippen LogP contribution < -0.4 is 4.74 Å². The van der Waals surface area contributed by atoms with Gasteiger partial charge in [0.2, 0.25) is 0 Å². The van der Waals surface area contributed by atoms with Crippen LogP contribution in [0.2, 0.25) is 5.02 Å². The molecule has 0 amide bonds.